The van der Waals surface area contributed by atoms with Gasteiger partial charge in [-0.3, -0.25) is 14.8 Å². The Morgan fingerprint density at radius 3 is 2.44 bits per heavy atom. The summed E-state index contributed by atoms with van der Waals surface area (Å²) in [7, 11) is -4.54. The van der Waals surface area contributed by atoms with Crippen molar-refractivity contribution in [1.29, 1.82) is 5.41 Å². The highest BCUT2D eigenvalue weighted by molar-refractivity contribution is 7.83. The summed E-state index contributed by atoms with van der Waals surface area (Å²) in [4.78, 5) is 10.6. The van der Waals surface area contributed by atoms with Crippen LogP contribution in [0.15, 0.2) is 0 Å². The third-order valence-electron chi connectivity index (χ3n) is 1.57. The second-order valence-electron chi connectivity index (χ2n) is 2.97. The van der Waals surface area contributed by atoms with Crippen LogP contribution in [0.2, 0.25) is 0 Å². The predicted octanol–water partition coefficient (Wildman–Crippen LogP) is -1.90. The molecular weight excluding hydrogens is 240 g/mol. The lowest BCUT2D eigenvalue weighted by molar-refractivity contribution is -0.139. The van der Waals surface area contributed by atoms with Crippen molar-refractivity contribution in [2.75, 3.05) is 6.54 Å². The summed E-state index contributed by atoms with van der Waals surface area (Å²) in [6.45, 7) is 0.242. The van der Waals surface area contributed by atoms with Gasteiger partial charge < -0.3 is 16.2 Å². The highest BCUT2D eigenvalue weighted by Crippen LogP contribution is 1.98. The summed E-state index contributed by atoms with van der Waals surface area (Å²) in [6.07, 6.45) is 0.245. The molecule has 10 heteroatoms. The summed E-state index contributed by atoms with van der Waals surface area (Å²) >= 11 is 0. The summed E-state index contributed by atoms with van der Waals surface area (Å²) in [5.74, 6) is -1.64. The number of hydrogen-bond acceptors (Lipinski definition) is 4. The Bertz CT molecular complexity index is 354. The van der Waals surface area contributed by atoms with Crippen LogP contribution < -0.4 is 15.8 Å². The second kappa shape index (κ2) is 6.25. The lowest BCUT2D eigenvalue weighted by Gasteiger charge is -2.11. The Hall–Kier alpha value is -1.39. The maximum Gasteiger partial charge on any atom is 0.334 e. The molecule has 0 amide bonds. The number of hydrogen-bond donors (Lipinski definition) is 6. The van der Waals surface area contributed by atoms with Gasteiger partial charge in [0.1, 0.15) is 6.04 Å². The van der Waals surface area contributed by atoms with E-state index in [1.165, 1.54) is 0 Å². The Morgan fingerprint density at radius 1 is 1.50 bits per heavy atom. The first kappa shape index (κ1) is 14.6. The molecule has 0 radical (unpaired) electrons. The molecule has 1 atom stereocenters. The van der Waals surface area contributed by atoms with Gasteiger partial charge in [0.05, 0.1) is 0 Å². The van der Waals surface area contributed by atoms with Crippen LogP contribution in [0.3, 0.4) is 0 Å². The molecule has 0 aromatic rings. The normalized spacial score (nSPS) is 13.1. The second-order valence-corrected chi connectivity index (χ2v) is 4.15. The van der Waals surface area contributed by atoms with Gasteiger partial charge >= 0.3 is 16.3 Å². The number of guanidine groups is 1. The number of nitrogens with two attached hydrogens (primary N) is 1. The van der Waals surface area contributed by atoms with E-state index in [0.29, 0.717) is 0 Å². The van der Waals surface area contributed by atoms with E-state index in [-0.39, 0.29) is 25.3 Å². The SMILES string of the molecule is N=C(N)NCCC[C@H](NS(=O)(=O)O)C(=O)O. The van der Waals surface area contributed by atoms with Crippen molar-refractivity contribution < 1.29 is 22.9 Å². The molecule has 0 aliphatic rings. The van der Waals surface area contributed by atoms with Crippen molar-refractivity contribution in [2.24, 2.45) is 5.73 Å². The summed E-state index contributed by atoms with van der Waals surface area (Å²) in [5.41, 5.74) is 4.98. The smallest absolute Gasteiger partial charge is 0.334 e. The van der Waals surface area contributed by atoms with E-state index in [2.05, 4.69) is 5.32 Å². The quantitative estimate of drug-likeness (QED) is 0.133. The molecule has 0 fully saturated rings. The molecule has 0 aromatic carbocycles. The zero-order valence-corrected chi connectivity index (χ0v) is 9.12. The van der Waals surface area contributed by atoms with Gasteiger partial charge in [0.2, 0.25) is 0 Å². The molecule has 0 aliphatic carbocycles. The van der Waals surface area contributed by atoms with Gasteiger partial charge in [-0.2, -0.15) is 13.1 Å². The lowest BCUT2D eigenvalue weighted by Crippen LogP contribution is -2.41. The molecule has 0 rings (SSSR count). The number of aliphatic carboxylic acids is 1. The highest BCUT2D eigenvalue weighted by atomic mass is 32.2. The minimum absolute atomic E-state index is 0.0323. The van der Waals surface area contributed by atoms with Gasteiger partial charge in [0.15, 0.2) is 5.96 Å². The molecule has 7 N–H and O–H groups in total. The van der Waals surface area contributed by atoms with Crippen molar-refractivity contribution in [3.63, 3.8) is 0 Å². The summed E-state index contributed by atoms with van der Waals surface area (Å²) < 4.78 is 30.8. The predicted molar refractivity (Wildman–Crippen MR) is 55.3 cm³/mol. The molecule has 94 valence electrons. The van der Waals surface area contributed by atoms with Crippen LogP contribution in [0.4, 0.5) is 0 Å². The zero-order valence-electron chi connectivity index (χ0n) is 8.30. The van der Waals surface area contributed by atoms with Crippen molar-refractivity contribution in [2.45, 2.75) is 18.9 Å². The highest BCUT2D eigenvalue weighted by Gasteiger charge is 2.21. The Kier molecular flexibility index (Phi) is 5.71. The fourth-order valence-corrected chi connectivity index (χ4v) is 1.52. The third-order valence-corrected chi connectivity index (χ3v) is 2.16. The maximum absolute atomic E-state index is 10.6. The Balaban J connectivity index is 4.06. The maximum atomic E-state index is 10.6. The Labute approximate surface area is 92.4 Å². The molecule has 0 saturated heterocycles. The molecule has 0 aromatic heterocycles. The average Bonchev–Trinajstić information content (AvgIpc) is 2.07. The van der Waals surface area contributed by atoms with Crippen LogP contribution in [0.1, 0.15) is 12.8 Å². The van der Waals surface area contributed by atoms with E-state index in [1.807, 2.05) is 0 Å². The van der Waals surface area contributed by atoms with Crippen LogP contribution in [-0.2, 0) is 15.1 Å². The van der Waals surface area contributed by atoms with Crippen molar-refractivity contribution >= 4 is 22.2 Å². The first-order valence-corrected chi connectivity index (χ1v) is 5.72. The van der Waals surface area contributed by atoms with E-state index in [9.17, 15) is 13.2 Å². The van der Waals surface area contributed by atoms with Gasteiger partial charge in [0.25, 0.3) is 0 Å². The monoisotopic (exact) mass is 254 g/mol. The number of carbonyl (C=O) groups is 1. The minimum atomic E-state index is -4.54. The number of carboxylic acid groups (broad SMARTS) is 1. The molecule has 16 heavy (non-hydrogen) atoms. The molecule has 0 spiro atoms. The van der Waals surface area contributed by atoms with Gasteiger partial charge in [-0.15, -0.1) is 0 Å². The van der Waals surface area contributed by atoms with E-state index in [4.69, 9.17) is 20.8 Å². The standard InChI is InChI=1S/C6H14N4O5S/c7-6(8)9-3-1-2-4(5(11)12)10-16(13,14)15/h4,10H,1-3H2,(H,11,12)(H4,7,8,9)(H,13,14,15)/t4-/m0/s1. The van der Waals surface area contributed by atoms with Crippen LogP contribution in [0.25, 0.3) is 0 Å². The Morgan fingerprint density at radius 2 is 2.06 bits per heavy atom. The third kappa shape index (κ3) is 7.96. The fraction of sp³-hybridized carbons (Fsp3) is 0.667. The van der Waals surface area contributed by atoms with Gasteiger partial charge in [-0.05, 0) is 12.8 Å². The first-order valence-electron chi connectivity index (χ1n) is 4.28. The first-order chi connectivity index (χ1) is 7.22. The molecule has 0 saturated carbocycles. The molecule has 9 nitrogen and oxygen atoms in total. The van der Waals surface area contributed by atoms with Crippen LogP contribution in [0, 0.1) is 5.41 Å². The van der Waals surface area contributed by atoms with E-state index in [1.54, 1.807) is 4.72 Å². The van der Waals surface area contributed by atoms with Crippen LogP contribution in [-0.4, -0.2) is 42.6 Å². The van der Waals surface area contributed by atoms with E-state index in [0.717, 1.165) is 0 Å². The molecule has 0 aliphatic heterocycles. The summed E-state index contributed by atoms with van der Waals surface area (Å²) in [6, 6.07) is -1.40. The largest absolute Gasteiger partial charge is 0.480 e. The van der Waals surface area contributed by atoms with Crippen LogP contribution >= 0.6 is 0 Å². The topological polar surface area (TPSA) is 166 Å². The van der Waals surface area contributed by atoms with Gasteiger partial charge in [0, 0.05) is 6.54 Å². The minimum Gasteiger partial charge on any atom is -0.480 e. The van der Waals surface area contributed by atoms with E-state index < -0.39 is 22.3 Å². The van der Waals surface area contributed by atoms with Crippen molar-refractivity contribution in [3.05, 3.63) is 0 Å². The average molecular weight is 254 g/mol. The van der Waals surface area contributed by atoms with Crippen molar-refractivity contribution in [1.82, 2.24) is 10.0 Å². The fourth-order valence-electron chi connectivity index (χ4n) is 0.942. The molecule has 0 unspecified atom stereocenters. The van der Waals surface area contributed by atoms with Gasteiger partial charge in [-0.25, -0.2) is 0 Å². The van der Waals surface area contributed by atoms with Crippen molar-refractivity contribution in [3.8, 4) is 0 Å². The molecule has 0 bridgehead atoms. The summed E-state index contributed by atoms with van der Waals surface area (Å²) in [5, 5.41) is 17.9. The van der Waals surface area contributed by atoms with E-state index >= 15 is 0 Å². The van der Waals surface area contributed by atoms with Crippen LogP contribution in [0.5, 0.6) is 0 Å². The molecular formula is C6H14N4O5S. The lowest BCUT2D eigenvalue weighted by atomic mass is 10.2. The zero-order chi connectivity index (χ0) is 12.8. The van der Waals surface area contributed by atoms with Gasteiger partial charge in [-0.1, -0.05) is 0 Å². The number of rotatable bonds is 7. The molecule has 0 heterocycles. The number of nitrogens with one attached hydrogen (secondary N) is 3. The number of carboxylic acids is 1.